The second-order valence-corrected chi connectivity index (χ2v) is 6.74. The molecule has 0 spiro atoms. The third-order valence-electron chi connectivity index (χ3n) is 4.42. The fraction of sp³-hybridized carbons (Fsp3) is 0.579. The minimum atomic E-state index is -0.201. The van der Waals surface area contributed by atoms with Gasteiger partial charge in [-0.3, -0.25) is 9.69 Å². The molecule has 0 unspecified atom stereocenters. The smallest absolute Gasteiger partial charge is 0.243 e. The van der Waals surface area contributed by atoms with Gasteiger partial charge in [-0.15, -0.1) is 0 Å². The summed E-state index contributed by atoms with van der Waals surface area (Å²) in [6, 6.07) is 6.73. The molecule has 1 heterocycles. The van der Waals surface area contributed by atoms with Gasteiger partial charge in [-0.1, -0.05) is 12.1 Å². The van der Waals surface area contributed by atoms with E-state index in [0.29, 0.717) is 13.2 Å². The van der Waals surface area contributed by atoms with Crippen LogP contribution in [-0.2, 0) is 16.1 Å². The summed E-state index contributed by atoms with van der Waals surface area (Å²) >= 11 is 0. The lowest BCUT2D eigenvalue weighted by Gasteiger charge is -2.36. The Labute approximate surface area is 160 Å². The van der Waals surface area contributed by atoms with Crippen LogP contribution < -0.4 is 5.32 Å². The molecule has 1 N–H and O–H groups in total. The summed E-state index contributed by atoms with van der Waals surface area (Å²) < 4.78 is 18.4. The summed E-state index contributed by atoms with van der Waals surface area (Å²) in [5, 5.41) is 3.27. The molecule has 150 valence electrons. The Hall–Kier alpha value is -2.19. The second kappa shape index (κ2) is 10.8. The van der Waals surface area contributed by atoms with Gasteiger partial charge in [0.25, 0.3) is 0 Å². The van der Waals surface area contributed by atoms with Crippen LogP contribution in [0.15, 0.2) is 29.3 Å². The summed E-state index contributed by atoms with van der Waals surface area (Å²) in [6.07, 6.45) is 0. The topological polar surface area (TPSA) is 60.4 Å². The van der Waals surface area contributed by atoms with Gasteiger partial charge in [0.1, 0.15) is 12.4 Å². The van der Waals surface area contributed by atoms with Crippen LogP contribution in [0.2, 0.25) is 0 Å². The van der Waals surface area contributed by atoms with Crippen LogP contribution in [0.5, 0.6) is 0 Å². The molecular weight excluding hydrogens is 349 g/mol. The molecule has 1 aromatic rings. The molecule has 1 amide bonds. The summed E-state index contributed by atoms with van der Waals surface area (Å²) in [4.78, 5) is 22.3. The maximum atomic E-state index is 13.4. The van der Waals surface area contributed by atoms with Crippen LogP contribution in [0.25, 0.3) is 0 Å². The molecular formula is C19H30FN5O2. The Morgan fingerprint density at radius 3 is 2.67 bits per heavy atom. The predicted molar refractivity (Wildman–Crippen MR) is 104 cm³/mol. The van der Waals surface area contributed by atoms with Gasteiger partial charge in [0.15, 0.2) is 5.96 Å². The Morgan fingerprint density at radius 1 is 1.30 bits per heavy atom. The molecule has 0 bridgehead atoms. The number of carbonyl (C=O) groups is 1. The fourth-order valence-electron chi connectivity index (χ4n) is 2.83. The van der Waals surface area contributed by atoms with Gasteiger partial charge >= 0.3 is 0 Å². The molecule has 2 rings (SSSR count). The molecule has 7 nitrogen and oxygen atoms in total. The van der Waals surface area contributed by atoms with E-state index in [4.69, 9.17) is 4.74 Å². The quantitative estimate of drug-likeness (QED) is 0.428. The number of piperazine rings is 1. The summed E-state index contributed by atoms with van der Waals surface area (Å²) in [5.41, 5.74) is 0.979. The van der Waals surface area contributed by atoms with E-state index in [9.17, 15) is 9.18 Å². The van der Waals surface area contributed by atoms with E-state index < -0.39 is 0 Å². The molecule has 0 atom stereocenters. The number of likely N-dealkylation sites (N-methyl/N-ethyl adjacent to an activating group) is 1. The Balaban J connectivity index is 1.91. The molecule has 1 saturated heterocycles. The molecule has 27 heavy (non-hydrogen) atoms. The number of aliphatic imine (C=N–C) groups is 1. The van der Waals surface area contributed by atoms with Crippen molar-refractivity contribution in [3.05, 3.63) is 35.6 Å². The van der Waals surface area contributed by atoms with Crippen LogP contribution in [0.3, 0.4) is 0 Å². The first kappa shape index (κ1) is 21.1. The highest BCUT2D eigenvalue weighted by atomic mass is 19.1. The van der Waals surface area contributed by atoms with Crippen molar-refractivity contribution in [2.24, 2.45) is 4.99 Å². The van der Waals surface area contributed by atoms with Gasteiger partial charge in [0.2, 0.25) is 5.91 Å². The Morgan fingerprint density at radius 2 is 2.04 bits per heavy atom. The summed E-state index contributed by atoms with van der Waals surface area (Å²) in [7, 11) is 5.10. The zero-order valence-corrected chi connectivity index (χ0v) is 16.4. The third kappa shape index (κ3) is 7.15. The highest BCUT2D eigenvalue weighted by molar-refractivity contribution is 5.84. The predicted octanol–water partition coefficient (Wildman–Crippen LogP) is 0.624. The van der Waals surface area contributed by atoms with E-state index in [0.717, 1.165) is 44.2 Å². The van der Waals surface area contributed by atoms with Gasteiger partial charge in [-0.2, -0.15) is 0 Å². The highest BCUT2D eigenvalue weighted by Crippen LogP contribution is 2.10. The molecule has 1 aliphatic heterocycles. The number of ether oxygens (including phenoxy) is 1. The monoisotopic (exact) mass is 379 g/mol. The highest BCUT2D eigenvalue weighted by Gasteiger charge is 2.20. The second-order valence-electron chi connectivity index (χ2n) is 6.74. The number of amides is 1. The maximum Gasteiger partial charge on any atom is 0.243 e. The number of halogens is 1. The minimum Gasteiger partial charge on any atom is -0.383 e. The van der Waals surface area contributed by atoms with Crippen molar-refractivity contribution in [2.45, 2.75) is 6.54 Å². The standard InChI is InChI=1S/C19H30FN5O2/c1-23(2)18(26)14-22-19(21-7-12-27-3)25-10-8-24(9-11-25)15-16-5-4-6-17(20)13-16/h4-6,13H,7-12,14-15H2,1-3H3,(H,21,22). The van der Waals surface area contributed by atoms with E-state index in [1.54, 1.807) is 33.3 Å². The van der Waals surface area contributed by atoms with E-state index in [-0.39, 0.29) is 18.3 Å². The number of nitrogens with one attached hydrogen (secondary N) is 1. The molecule has 1 aliphatic rings. The number of nitrogens with zero attached hydrogens (tertiary/aromatic N) is 4. The van der Waals surface area contributed by atoms with E-state index in [1.807, 2.05) is 6.07 Å². The molecule has 1 fully saturated rings. The normalized spacial score (nSPS) is 15.7. The van der Waals surface area contributed by atoms with Crippen LogP contribution in [0.1, 0.15) is 5.56 Å². The first-order chi connectivity index (χ1) is 13.0. The van der Waals surface area contributed by atoms with E-state index in [2.05, 4.69) is 20.1 Å². The van der Waals surface area contributed by atoms with Crippen molar-refractivity contribution in [3.8, 4) is 0 Å². The van der Waals surface area contributed by atoms with Gasteiger partial charge in [0, 0.05) is 60.5 Å². The Kier molecular flexibility index (Phi) is 8.47. The van der Waals surface area contributed by atoms with Crippen molar-refractivity contribution in [3.63, 3.8) is 0 Å². The maximum absolute atomic E-state index is 13.4. The van der Waals surface area contributed by atoms with Crippen LogP contribution >= 0.6 is 0 Å². The van der Waals surface area contributed by atoms with Crippen molar-refractivity contribution >= 4 is 11.9 Å². The molecule has 0 radical (unpaired) electrons. The first-order valence-corrected chi connectivity index (χ1v) is 9.18. The average molecular weight is 379 g/mol. The van der Waals surface area contributed by atoms with Crippen molar-refractivity contribution < 1.29 is 13.9 Å². The van der Waals surface area contributed by atoms with Crippen LogP contribution in [0, 0.1) is 5.82 Å². The molecule has 8 heteroatoms. The number of carbonyl (C=O) groups excluding carboxylic acids is 1. The number of benzene rings is 1. The van der Waals surface area contributed by atoms with Crippen LogP contribution in [-0.4, -0.2) is 93.6 Å². The number of guanidine groups is 1. The van der Waals surface area contributed by atoms with Crippen LogP contribution in [0.4, 0.5) is 4.39 Å². The van der Waals surface area contributed by atoms with E-state index in [1.165, 1.54) is 11.0 Å². The molecule has 0 aliphatic carbocycles. The van der Waals surface area contributed by atoms with Gasteiger partial charge in [-0.25, -0.2) is 9.38 Å². The number of methoxy groups -OCH3 is 1. The zero-order chi connectivity index (χ0) is 19.6. The number of hydrogen-bond acceptors (Lipinski definition) is 4. The zero-order valence-electron chi connectivity index (χ0n) is 16.4. The van der Waals surface area contributed by atoms with Gasteiger partial charge < -0.3 is 19.9 Å². The largest absolute Gasteiger partial charge is 0.383 e. The lowest BCUT2D eigenvalue weighted by molar-refractivity contribution is -0.127. The van der Waals surface area contributed by atoms with E-state index >= 15 is 0 Å². The summed E-state index contributed by atoms with van der Waals surface area (Å²) in [5.74, 6) is 0.492. The first-order valence-electron chi connectivity index (χ1n) is 9.18. The number of hydrogen-bond donors (Lipinski definition) is 1. The average Bonchev–Trinajstić information content (AvgIpc) is 2.65. The Bertz CT molecular complexity index is 630. The fourth-order valence-corrected chi connectivity index (χ4v) is 2.83. The third-order valence-corrected chi connectivity index (χ3v) is 4.42. The van der Waals surface area contributed by atoms with Crippen molar-refractivity contribution in [2.75, 3.05) is 67.1 Å². The molecule has 0 aromatic heterocycles. The van der Waals surface area contributed by atoms with Crippen molar-refractivity contribution in [1.29, 1.82) is 0 Å². The lowest BCUT2D eigenvalue weighted by atomic mass is 10.2. The SMILES string of the molecule is COCCNC(=NCC(=O)N(C)C)N1CCN(Cc2cccc(F)c2)CC1. The number of rotatable bonds is 7. The van der Waals surface area contributed by atoms with Gasteiger partial charge in [0.05, 0.1) is 6.61 Å². The molecule has 1 aromatic carbocycles. The lowest BCUT2D eigenvalue weighted by Crippen LogP contribution is -2.52. The molecule has 0 saturated carbocycles. The minimum absolute atomic E-state index is 0.0363. The van der Waals surface area contributed by atoms with Crippen molar-refractivity contribution in [1.82, 2.24) is 20.0 Å². The van der Waals surface area contributed by atoms with Gasteiger partial charge in [-0.05, 0) is 17.7 Å². The summed E-state index contributed by atoms with van der Waals surface area (Å²) in [6.45, 7) is 5.34.